The van der Waals surface area contributed by atoms with E-state index in [0.29, 0.717) is 17.2 Å². The molecule has 0 spiro atoms. The van der Waals surface area contributed by atoms with Gasteiger partial charge in [0.2, 0.25) is 6.10 Å². The Morgan fingerprint density at radius 3 is 2.83 bits per heavy atom. The number of carbonyl (C=O) groups is 2. The number of rotatable bonds is 3. The number of esters is 1. The van der Waals surface area contributed by atoms with Crippen molar-refractivity contribution in [3.8, 4) is 5.75 Å². The molecule has 0 fully saturated rings. The molecule has 2 heterocycles. The molecule has 1 aliphatic rings. The molecule has 6 nitrogen and oxygen atoms in total. The number of carbonyl (C=O) groups excluding carboxylic acids is 2. The second-order valence-corrected chi connectivity index (χ2v) is 4.89. The van der Waals surface area contributed by atoms with Crippen molar-refractivity contribution < 1.29 is 23.5 Å². The summed E-state index contributed by atoms with van der Waals surface area (Å²) >= 11 is 0. The van der Waals surface area contributed by atoms with E-state index >= 15 is 0 Å². The lowest BCUT2D eigenvalue weighted by molar-refractivity contribution is -0.148. The van der Waals surface area contributed by atoms with Crippen molar-refractivity contribution in [3.05, 3.63) is 54.5 Å². The number of hydrogen-bond acceptors (Lipinski definition) is 5. The highest BCUT2D eigenvalue weighted by Crippen LogP contribution is 2.33. The van der Waals surface area contributed by atoms with Crippen molar-refractivity contribution in [2.75, 3.05) is 18.6 Å². The second-order valence-electron chi connectivity index (χ2n) is 4.89. The van der Waals surface area contributed by atoms with Gasteiger partial charge in [0.05, 0.1) is 25.6 Å². The summed E-state index contributed by atoms with van der Waals surface area (Å²) in [6.07, 6.45) is 3.65. The minimum absolute atomic E-state index is 0.0883. The van der Waals surface area contributed by atoms with Crippen molar-refractivity contribution in [3.63, 3.8) is 0 Å². The standard InChI is InChI=1S/C17H15NO5/c1-21-17(20)15-11-18(13-6-2-3-7-14(13)23-15)16(19)9-8-12-5-4-10-22-12/h2-10,15H,11H2,1H3/b9-8+/t15-/m1/s1. The smallest absolute Gasteiger partial charge is 0.348 e. The van der Waals surface area contributed by atoms with Gasteiger partial charge >= 0.3 is 5.97 Å². The summed E-state index contributed by atoms with van der Waals surface area (Å²) < 4.78 is 15.5. The second kappa shape index (κ2) is 6.39. The summed E-state index contributed by atoms with van der Waals surface area (Å²) in [6.45, 7) is 0.0883. The highest BCUT2D eigenvalue weighted by molar-refractivity contribution is 6.05. The fourth-order valence-corrected chi connectivity index (χ4v) is 2.33. The summed E-state index contributed by atoms with van der Waals surface area (Å²) in [5, 5.41) is 0. The maximum absolute atomic E-state index is 12.5. The Labute approximate surface area is 132 Å². The Balaban J connectivity index is 1.87. The van der Waals surface area contributed by atoms with Crippen LogP contribution in [-0.4, -0.2) is 31.6 Å². The number of ether oxygens (including phenoxy) is 2. The normalized spacial score (nSPS) is 16.7. The van der Waals surface area contributed by atoms with Crippen molar-refractivity contribution in [2.45, 2.75) is 6.10 Å². The molecule has 2 aromatic rings. The predicted octanol–water partition coefficient (Wildman–Crippen LogP) is 2.26. The first-order valence-electron chi connectivity index (χ1n) is 7.05. The van der Waals surface area contributed by atoms with Crippen LogP contribution in [0.15, 0.2) is 53.2 Å². The third-order valence-electron chi connectivity index (χ3n) is 3.44. The molecule has 23 heavy (non-hydrogen) atoms. The topological polar surface area (TPSA) is 69.0 Å². The van der Waals surface area contributed by atoms with E-state index in [4.69, 9.17) is 13.9 Å². The molecule has 118 valence electrons. The van der Waals surface area contributed by atoms with E-state index in [1.54, 1.807) is 42.5 Å². The van der Waals surface area contributed by atoms with Gasteiger partial charge in [0.25, 0.3) is 5.91 Å². The van der Waals surface area contributed by atoms with Crippen LogP contribution in [0.4, 0.5) is 5.69 Å². The van der Waals surface area contributed by atoms with Gasteiger partial charge in [-0.05, 0) is 30.3 Å². The number of amides is 1. The quantitative estimate of drug-likeness (QED) is 0.642. The van der Waals surface area contributed by atoms with Gasteiger partial charge in [-0.1, -0.05) is 12.1 Å². The monoisotopic (exact) mass is 313 g/mol. The number of para-hydroxylation sites is 2. The van der Waals surface area contributed by atoms with Crippen molar-refractivity contribution >= 4 is 23.6 Å². The van der Waals surface area contributed by atoms with Gasteiger partial charge in [0.1, 0.15) is 11.5 Å². The Morgan fingerprint density at radius 2 is 2.09 bits per heavy atom. The molecule has 0 saturated carbocycles. The molecule has 1 amide bonds. The van der Waals surface area contributed by atoms with Gasteiger partial charge in [0.15, 0.2) is 0 Å². The number of furan rings is 1. The van der Waals surface area contributed by atoms with Crippen LogP contribution in [-0.2, 0) is 14.3 Å². The van der Waals surface area contributed by atoms with Crippen molar-refractivity contribution in [2.24, 2.45) is 0 Å². The van der Waals surface area contributed by atoms with Crippen molar-refractivity contribution in [1.29, 1.82) is 0 Å². The lowest BCUT2D eigenvalue weighted by Crippen LogP contribution is -2.47. The Hall–Kier alpha value is -3.02. The third kappa shape index (κ3) is 3.11. The van der Waals surface area contributed by atoms with Gasteiger partial charge in [-0.15, -0.1) is 0 Å². The lowest BCUT2D eigenvalue weighted by atomic mass is 10.2. The molecule has 0 aliphatic carbocycles. The van der Waals surface area contributed by atoms with E-state index in [-0.39, 0.29) is 12.5 Å². The summed E-state index contributed by atoms with van der Waals surface area (Å²) in [5.74, 6) is 0.247. The predicted molar refractivity (Wildman–Crippen MR) is 83.0 cm³/mol. The number of nitrogens with zero attached hydrogens (tertiary/aromatic N) is 1. The van der Waals surface area contributed by atoms with Crippen LogP contribution in [0.2, 0.25) is 0 Å². The molecule has 3 rings (SSSR count). The maximum atomic E-state index is 12.5. The van der Waals surface area contributed by atoms with E-state index < -0.39 is 12.1 Å². The lowest BCUT2D eigenvalue weighted by Gasteiger charge is -2.32. The first-order valence-corrected chi connectivity index (χ1v) is 7.05. The van der Waals surface area contributed by atoms with Crippen LogP contribution < -0.4 is 9.64 Å². The summed E-state index contributed by atoms with van der Waals surface area (Å²) in [6, 6.07) is 10.5. The van der Waals surface area contributed by atoms with Gasteiger partial charge in [-0.3, -0.25) is 4.79 Å². The van der Waals surface area contributed by atoms with Gasteiger partial charge in [0, 0.05) is 6.08 Å². The fourth-order valence-electron chi connectivity index (χ4n) is 2.33. The summed E-state index contributed by atoms with van der Waals surface area (Å²) in [7, 11) is 1.29. The number of benzene rings is 1. The first-order chi connectivity index (χ1) is 11.2. The summed E-state index contributed by atoms with van der Waals surface area (Å²) in [4.78, 5) is 25.8. The van der Waals surface area contributed by atoms with Gasteiger partial charge < -0.3 is 18.8 Å². The first kappa shape index (κ1) is 14.9. The molecular formula is C17H15NO5. The summed E-state index contributed by atoms with van der Waals surface area (Å²) in [5.41, 5.74) is 0.613. The van der Waals surface area contributed by atoms with E-state index in [9.17, 15) is 9.59 Å². The van der Waals surface area contributed by atoms with E-state index in [1.165, 1.54) is 24.3 Å². The average molecular weight is 313 g/mol. The largest absolute Gasteiger partial charge is 0.475 e. The molecule has 0 radical (unpaired) electrons. The van der Waals surface area contributed by atoms with Crippen LogP contribution in [0.1, 0.15) is 5.76 Å². The molecule has 0 saturated heterocycles. The van der Waals surface area contributed by atoms with Gasteiger partial charge in [-0.25, -0.2) is 4.79 Å². The Morgan fingerprint density at radius 1 is 1.26 bits per heavy atom. The minimum atomic E-state index is -0.851. The van der Waals surface area contributed by atoms with Crippen LogP contribution in [0.25, 0.3) is 6.08 Å². The highest BCUT2D eigenvalue weighted by atomic mass is 16.6. The number of fused-ring (bicyclic) bond motifs is 1. The molecule has 0 unspecified atom stereocenters. The number of anilines is 1. The average Bonchev–Trinajstić information content (AvgIpc) is 3.11. The molecule has 1 aromatic carbocycles. The fraction of sp³-hybridized carbons (Fsp3) is 0.176. The van der Waals surface area contributed by atoms with Crippen LogP contribution in [0.5, 0.6) is 5.75 Å². The molecule has 0 N–H and O–H groups in total. The van der Waals surface area contributed by atoms with Crippen LogP contribution in [0, 0.1) is 0 Å². The minimum Gasteiger partial charge on any atom is -0.475 e. The van der Waals surface area contributed by atoms with E-state index in [1.807, 2.05) is 0 Å². The maximum Gasteiger partial charge on any atom is 0.348 e. The zero-order chi connectivity index (χ0) is 16.2. The van der Waals surface area contributed by atoms with Crippen LogP contribution >= 0.6 is 0 Å². The molecule has 1 aromatic heterocycles. The third-order valence-corrected chi connectivity index (χ3v) is 3.44. The number of methoxy groups -OCH3 is 1. The molecule has 6 heteroatoms. The molecular weight excluding hydrogens is 298 g/mol. The zero-order valence-electron chi connectivity index (χ0n) is 12.5. The van der Waals surface area contributed by atoms with Crippen LogP contribution in [0.3, 0.4) is 0 Å². The SMILES string of the molecule is COC(=O)[C@H]1CN(C(=O)/C=C/c2ccco2)c2ccccc2O1. The highest BCUT2D eigenvalue weighted by Gasteiger charge is 2.33. The van der Waals surface area contributed by atoms with Gasteiger partial charge in [-0.2, -0.15) is 0 Å². The van der Waals surface area contributed by atoms with E-state index in [2.05, 4.69) is 0 Å². The molecule has 1 aliphatic heterocycles. The number of hydrogen-bond donors (Lipinski definition) is 0. The molecule has 0 bridgehead atoms. The Kier molecular flexibility index (Phi) is 4.14. The Bertz CT molecular complexity index is 735. The van der Waals surface area contributed by atoms with Crippen molar-refractivity contribution in [1.82, 2.24) is 0 Å². The molecule has 1 atom stereocenters. The van der Waals surface area contributed by atoms with E-state index in [0.717, 1.165) is 0 Å². The zero-order valence-corrected chi connectivity index (χ0v) is 12.5.